The van der Waals surface area contributed by atoms with E-state index in [1.54, 1.807) is 7.11 Å². The SMILES string of the molecule is CCCN(CCC(=O)O)C(=O)C(CCCOC)NC(=O)OCC1c2ccccc2-c2ccccc21. The monoisotopic (exact) mass is 482 g/mol. The van der Waals surface area contributed by atoms with Crippen molar-refractivity contribution in [1.82, 2.24) is 10.2 Å². The molecule has 1 unspecified atom stereocenters. The molecule has 0 heterocycles. The predicted octanol–water partition coefficient (Wildman–Crippen LogP) is 4.03. The number of alkyl carbamates (subject to hydrolysis) is 1. The number of carboxylic acids is 1. The van der Waals surface area contributed by atoms with Gasteiger partial charge in [-0.1, -0.05) is 55.5 Å². The van der Waals surface area contributed by atoms with Gasteiger partial charge >= 0.3 is 12.1 Å². The van der Waals surface area contributed by atoms with E-state index >= 15 is 0 Å². The number of carboxylic acid groups (broad SMARTS) is 1. The predicted molar refractivity (Wildman–Crippen MR) is 132 cm³/mol. The number of hydrogen-bond donors (Lipinski definition) is 2. The van der Waals surface area contributed by atoms with Crippen LogP contribution in [0.25, 0.3) is 11.1 Å². The van der Waals surface area contributed by atoms with Gasteiger partial charge in [0.15, 0.2) is 0 Å². The Labute approximate surface area is 206 Å². The highest BCUT2D eigenvalue weighted by Crippen LogP contribution is 2.44. The van der Waals surface area contributed by atoms with Crippen LogP contribution in [0.4, 0.5) is 4.79 Å². The van der Waals surface area contributed by atoms with Gasteiger partial charge in [-0.2, -0.15) is 0 Å². The molecule has 0 saturated carbocycles. The molecule has 0 spiro atoms. The van der Waals surface area contributed by atoms with Gasteiger partial charge in [-0.3, -0.25) is 9.59 Å². The first-order valence-electron chi connectivity index (χ1n) is 12.1. The van der Waals surface area contributed by atoms with E-state index in [0.29, 0.717) is 32.4 Å². The van der Waals surface area contributed by atoms with Gasteiger partial charge in [0, 0.05) is 32.7 Å². The fourth-order valence-electron chi connectivity index (χ4n) is 4.52. The van der Waals surface area contributed by atoms with Crippen LogP contribution in [0.1, 0.15) is 49.7 Å². The summed E-state index contributed by atoms with van der Waals surface area (Å²) in [5.74, 6) is -1.36. The summed E-state index contributed by atoms with van der Waals surface area (Å²) in [6, 6.07) is 15.3. The number of ether oxygens (including phenoxy) is 2. The van der Waals surface area contributed by atoms with Gasteiger partial charge in [0.2, 0.25) is 5.91 Å². The number of nitrogens with one attached hydrogen (secondary N) is 1. The second-order valence-corrected chi connectivity index (χ2v) is 8.63. The summed E-state index contributed by atoms with van der Waals surface area (Å²) in [5.41, 5.74) is 4.49. The first-order valence-corrected chi connectivity index (χ1v) is 12.1. The zero-order chi connectivity index (χ0) is 25.2. The fraction of sp³-hybridized carbons (Fsp3) is 0.444. The number of rotatable bonds is 13. The summed E-state index contributed by atoms with van der Waals surface area (Å²) in [4.78, 5) is 38.5. The lowest BCUT2D eigenvalue weighted by Crippen LogP contribution is -2.49. The molecule has 1 atom stereocenters. The van der Waals surface area contributed by atoms with Gasteiger partial charge in [0.25, 0.3) is 0 Å². The van der Waals surface area contributed by atoms with E-state index in [9.17, 15) is 14.4 Å². The summed E-state index contributed by atoms with van der Waals surface area (Å²) in [7, 11) is 1.58. The molecule has 0 saturated heterocycles. The number of aliphatic carboxylic acids is 1. The maximum atomic E-state index is 13.2. The van der Waals surface area contributed by atoms with E-state index in [-0.39, 0.29) is 31.4 Å². The number of fused-ring (bicyclic) bond motifs is 3. The molecule has 2 aromatic carbocycles. The Morgan fingerprint density at radius 3 is 2.23 bits per heavy atom. The third kappa shape index (κ3) is 6.82. The number of benzene rings is 2. The maximum Gasteiger partial charge on any atom is 0.407 e. The average Bonchev–Trinajstić information content (AvgIpc) is 3.18. The number of nitrogens with zero attached hydrogens (tertiary/aromatic N) is 1. The number of methoxy groups -OCH3 is 1. The average molecular weight is 483 g/mol. The number of carbonyl (C=O) groups excluding carboxylic acids is 2. The molecule has 188 valence electrons. The highest BCUT2D eigenvalue weighted by molar-refractivity contribution is 5.86. The summed E-state index contributed by atoms with van der Waals surface area (Å²) in [6.45, 7) is 3.02. The zero-order valence-corrected chi connectivity index (χ0v) is 20.4. The van der Waals surface area contributed by atoms with Crippen molar-refractivity contribution in [2.45, 2.75) is 44.6 Å². The Kier molecular flexibility index (Phi) is 9.66. The van der Waals surface area contributed by atoms with Crippen molar-refractivity contribution in [3.63, 3.8) is 0 Å². The molecule has 8 heteroatoms. The highest BCUT2D eigenvalue weighted by Gasteiger charge is 2.30. The van der Waals surface area contributed by atoms with Crippen molar-refractivity contribution < 1.29 is 29.0 Å². The van der Waals surface area contributed by atoms with E-state index in [1.807, 2.05) is 43.3 Å². The lowest BCUT2D eigenvalue weighted by Gasteiger charge is -2.27. The van der Waals surface area contributed by atoms with Gasteiger partial charge in [0.1, 0.15) is 12.6 Å². The minimum absolute atomic E-state index is 0.0806. The van der Waals surface area contributed by atoms with Crippen LogP contribution >= 0.6 is 0 Å². The van der Waals surface area contributed by atoms with E-state index in [0.717, 1.165) is 22.3 Å². The highest BCUT2D eigenvalue weighted by atomic mass is 16.5. The summed E-state index contributed by atoms with van der Waals surface area (Å²) < 4.78 is 10.7. The third-order valence-corrected chi connectivity index (χ3v) is 6.18. The van der Waals surface area contributed by atoms with Crippen molar-refractivity contribution in [2.24, 2.45) is 0 Å². The van der Waals surface area contributed by atoms with Gasteiger partial charge in [-0.25, -0.2) is 4.79 Å². The lowest BCUT2D eigenvalue weighted by atomic mass is 9.98. The van der Waals surface area contributed by atoms with E-state index < -0.39 is 18.1 Å². The van der Waals surface area contributed by atoms with Crippen LogP contribution in [-0.2, 0) is 19.1 Å². The maximum absolute atomic E-state index is 13.2. The Morgan fingerprint density at radius 1 is 1.03 bits per heavy atom. The molecule has 0 aromatic heterocycles. The molecule has 2 aromatic rings. The number of carbonyl (C=O) groups is 3. The van der Waals surface area contributed by atoms with Gasteiger partial charge < -0.3 is 24.8 Å². The molecule has 2 amide bonds. The molecule has 3 rings (SSSR count). The number of amides is 2. The van der Waals surface area contributed by atoms with Crippen molar-refractivity contribution in [3.05, 3.63) is 59.7 Å². The Balaban J connectivity index is 1.67. The zero-order valence-electron chi connectivity index (χ0n) is 20.4. The third-order valence-electron chi connectivity index (χ3n) is 6.18. The van der Waals surface area contributed by atoms with Crippen LogP contribution < -0.4 is 5.32 Å². The molecule has 1 aliphatic carbocycles. The molecule has 1 aliphatic rings. The van der Waals surface area contributed by atoms with Crippen LogP contribution in [0.3, 0.4) is 0 Å². The van der Waals surface area contributed by atoms with Gasteiger partial charge in [-0.15, -0.1) is 0 Å². The van der Waals surface area contributed by atoms with Crippen LogP contribution in [0, 0.1) is 0 Å². The molecule has 0 fully saturated rings. The molecule has 2 N–H and O–H groups in total. The summed E-state index contributed by atoms with van der Waals surface area (Å²) in [5, 5.41) is 11.8. The van der Waals surface area contributed by atoms with E-state index in [2.05, 4.69) is 17.4 Å². The largest absolute Gasteiger partial charge is 0.481 e. The molecule has 0 bridgehead atoms. The second kappa shape index (κ2) is 12.9. The quantitative estimate of drug-likeness (QED) is 0.418. The molecule has 0 aliphatic heterocycles. The van der Waals surface area contributed by atoms with E-state index in [1.165, 1.54) is 4.90 Å². The van der Waals surface area contributed by atoms with Crippen LogP contribution in [-0.4, -0.2) is 67.4 Å². The molecule has 35 heavy (non-hydrogen) atoms. The van der Waals surface area contributed by atoms with Crippen LogP contribution in [0.5, 0.6) is 0 Å². The van der Waals surface area contributed by atoms with Crippen molar-refractivity contribution in [1.29, 1.82) is 0 Å². The van der Waals surface area contributed by atoms with Crippen molar-refractivity contribution >= 4 is 18.0 Å². The Hall–Kier alpha value is -3.39. The van der Waals surface area contributed by atoms with Gasteiger partial charge in [-0.05, 0) is 41.5 Å². The first-order chi connectivity index (χ1) is 17.0. The molecular weight excluding hydrogens is 448 g/mol. The minimum Gasteiger partial charge on any atom is -0.481 e. The van der Waals surface area contributed by atoms with Crippen LogP contribution in [0.15, 0.2) is 48.5 Å². The standard InChI is InChI=1S/C27H34N2O6/c1-3-15-29(16-14-25(30)31)26(32)24(13-8-17-34-2)28-27(33)35-18-23-21-11-6-4-9-19(21)20-10-5-7-12-22(20)23/h4-7,9-12,23-24H,3,8,13-18H2,1-2H3,(H,28,33)(H,30,31). The topological polar surface area (TPSA) is 105 Å². The van der Waals surface area contributed by atoms with E-state index in [4.69, 9.17) is 14.6 Å². The van der Waals surface area contributed by atoms with Gasteiger partial charge in [0.05, 0.1) is 6.42 Å². The number of hydrogen-bond acceptors (Lipinski definition) is 5. The molecular formula is C27H34N2O6. The van der Waals surface area contributed by atoms with Crippen molar-refractivity contribution in [2.75, 3.05) is 33.4 Å². The fourth-order valence-corrected chi connectivity index (χ4v) is 4.52. The van der Waals surface area contributed by atoms with Crippen LogP contribution in [0.2, 0.25) is 0 Å². The first kappa shape index (κ1) is 26.2. The summed E-state index contributed by atoms with van der Waals surface area (Å²) in [6.07, 6.45) is 0.791. The lowest BCUT2D eigenvalue weighted by molar-refractivity contribution is -0.139. The smallest absolute Gasteiger partial charge is 0.407 e. The molecule has 8 nitrogen and oxygen atoms in total. The normalized spacial score (nSPS) is 13.0. The Bertz CT molecular complexity index is 979. The minimum atomic E-state index is -0.973. The Morgan fingerprint density at radius 2 is 1.66 bits per heavy atom. The van der Waals surface area contributed by atoms with Crippen molar-refractivity contribution in [3.8, 4) is 11.1 Å². The molecule has 0 radical (unpaired) electrons. The summed E-state index contributed by atoms with van der Waals surface area (Å²) >= 11 is 0. The second-order valence-electron chi connectivity index (χ2n) is 8.63.